The van der Waals surface area contributed by atoms with E-state index in [2.05, 4.69) is 13.8 Å². The second-order valence-electron chi connectivity index (χ2n) is 11.8. The largest absolute Gasteiger partial charge is 0.508 e. The Labute approximate surface area is 269 Å². The van der Waals surface area contributed by atoms with Crippen molar-refractivity contribution in [2.75, 3.05) is 6.61 Å². The summed E-state index contributed by atoms with van der Waals surface area (Å²) in [6, 6.07) is 4.96. The van der Waals surface area contributed by atoms with E-state index in [1.54, 1.807) is 0 Å². The molecule has 1 saturated heterocycles. The van der Waals surface area contributed by atoms with Gasteiger partial charge in [0, 0.05) is 12.1 Å². The number of aromatic carboxylic acids is 1. The van der Waals surface area contributed by atoms with Crippen LogP contribution in [0.2, 0.25) is 0 Å². The lowest BCUT2D eigenvalue weighted by molar-refractivity contribution is -0.277. The first kappa shape index (κ1) is 37.0. The van der Waals surface area contributed by atoms with Crippen molar-refractivity contribution in [3.05, 3.63) is 46.5 Å². The molecular weight excluding hydrogens is 600 g/mol. The zero-order chi connectivity index (χ0) is 33.8. The molecule has 1 fully saturated rings. The number of phenolic OH excluding ortho intramolecular Hbond substituents is 1. The predicted octanol–water partition coefficient (Wildman–Crippen LogP) is 4.22. The van der Waals surface area contributed by atoms with Crippen LogP contribution >= 0.6 is 0 Å². The molecule has 12 heteroatoms. The van der Waals surface area contributed by atoms with Crippen LogP contribution in [0.1, 0.15) is 110 Å². The lowest BCUT2D eigenvalue weighted by Crippen LogP contribution is -2.60. The minimum Gasteiger partial charge on any atom is -0.508 e. The molecule has 1 aliphatic rings. The molecule has 5 atom stereocenters. The van der Waals surface area contributed by atoms with Crippen molar-refractivity contribution < 1.29 is 59.5 Å². The number of phenols is 2. The van der Waals surface area contributed by atoms with Gasteiger partial charge in [-0.3, -0.25) is 0 Å². The monoisotopic (exact) mass is 648 g/mol. The number of hydrogen-bond acceptors (Lipinski definition) is 11. The summed E-state index contributed by atoms with van der Waals surface area (Å²) >= 11 is 0. The van der Waals surface area contributed by atoms with Crippen molar-refractivity contribution in [3.63, 3.8) is 0 Å². The average molecular weight is 649 g/mol. The number of aliphatic hydroxyl groups is 4. The highest BCUT2D eigenvalue weighted by Crippen LogP contribution is 2.35. The summed E-state index contributed by atoms with van der Waals surface area (Å²) in [6.07, 6.45) is 1.83. The SMILES string of the molecule is CCCCCCCc1cc(OC(=O)c2c(CCCCCCC)cc(O)cc2O[C@@H]2O[C@H](CO)[C@@H](O)[C@H](O)[C@H]2O)cc(O)c1C(=O)O. The third-order valence-corrected chi connectivity index (χ3v) is 8.16. The number of ether oxygens (including phenoxy) is 3. The highest BCUT2D eigenvalue weighted by Gasteiger charge is 2.45. The number of hydrogen-bond donors (Lipinski definition) is 7. The summed E-state index contributed by atoms with van der Waals surface area (Å²) in [5.41, 5.74) is 0.294. The number of aliphatic hydroxyl groups excluding tert-OH is 4. The normalized spacial score (nSPS) is 21.2. The Kier molecular flexibility index (Phi) is 14.5. The van der Waals surface area contributed by atoms with Gasteiger partial charge < -0.3 is 50.0 Å². The van der Waals surface area contributed by atoms with Crippen molar-refractivity contribution >= 4 is 11.9 Å². The van der Waals surface area contributed by atoms with E-state index >= 15 is 0 Å². The molecule has 2 aromatic carbocycles. The van der Waals surface area contributed by atoms with E-state index < -0.39 is 55.0 Å². The lowest BCUT2D eigenvalue weighted by Gasteiger charge is -2.39. The van der Waals surface area contributed by atoms with Gasteiger partial charge in [0.15, 0.2) is 0 Å². The number of carboxylic acids is 1. The van der Waals surface area contributed by atoms with Gasteiger partial charge in [0.05, 0.1) is 6.61 Å². The summed E-state index contributed by atoms with van der Waals surface area (Å²) in [7, 11) is 0. The Hall–Kier alpha value is -3.42. The highest BCUT2D eigenvalue weighted by atomic mass is 16.7. The molecule has 7 N–H and O–H groups in total. The van der Waals surface area contributed by atoms with E-state index in [-0.39, 0.29) is 28.4 Å². The van der Waals surface area contributed by atoms with Crippen molar-refractivity contribution in [1.82, 2.24) is 0 Å². The van der Waals surface area contributed by atoms with Crippen molar-refractivity contribution in [1.29, 1.82) is 0 Å². The van der Waals surface area contributed by atoms with E-state index in [0.29, 0.717) is 36.8 Å². The van der Waals surface area contributed by atoms with Gasteiger partial charge >= 0.3 is 11.9 Å². The van der Waals surface area contributed by atoms with Gasteiger partial charge in [0.25, 0.3) is 0 Å². The molecule has 0 aliphatic carbocycles. The summed E-state index contributed by atoms with van der Waals surface area (Å²) < 4.78 is 17.0. The second kappa shape index (κ2) is 18.1. The number of rotatable bonds is 18. The molecule has 0 radical (unpaired) electrons. The van der Waals surface area contributed by atoms with Crippen molar-refractivity contribution in [2.24, 2.45) is 0 Å². The summed E-state index contributed by atoms with van der Waals surface area (Å²) in [6.45, 7) is 3.48. The standard InChI is InChI=1S/C34H48O12/c1-3-5-7-9-11-13-20-15-22(36)17-25(45-34-31(40)30(39)29(38)26(19-35)46-34)28(20)33(43)44-23-16-21(14-12-10-8-6-4-2)27(32(41)42)24(37)18-23/h15-18,26,29-31,34-40H,3-14,19H2,1-2H3,(H,41,42)/t26-,29-,30+,31-,34-/m1/s1. The fourth-order valence-electron chi connectivity index (χ4n) is 5.62. The van der Waals surface area contributed by atoms with Gasteiger partial charge in [-0.1, -0.05) is 65.2 Å². The Balaban J connectivity index is 1.97. The molecule has 0 bridgehead atoms. The molecule has 0 aromatic heterocycles. The maximum Gasteiger partial charge on any atom is 0.347 e. The molecular formula is C34H48O12. The molecule has 3 rings (SSSR count). The quantitative estimate of drug-likeness (QED) is 0.0690. The van der Waals surface area contributed by atoms with Gasteiger partial charge in [-0.2, -0.15) is 0 Å². The number of aromatic hydroxyl groups is 2. The summed E-state index contributed by atoms with van der Waals surface area (Å²) in [5.74, 6) is -3.41. The van der Waals surface area contributed by atoms with Gasteiger partial charge in [0.1, 0.15) is 58.5 Å². The van der Waals surface area contributed by atoms with Crippen LogP contribution in [-0.4, -0.2) is 85.0 Å². The molecule has 0 spiro atoms. The zero-order valence-corrected chi connectivity index (χ0v) is 26.6. The Morgan fingerprint density at radius 3 is 1.91 bits per heavy atom. The van der Waals surface area contributed by atoms with E-state index in [4.69, 9.17) is 14.2 Å². The van der Waals surface area contributed by atoms with Crippen LogP contribution in [0.15, 0.2) is 24.3 Å². The van der Waals surface area contributed by atoms with Gasteiger partial charge in [-0.15, -0.1) is 0 Å². The fourth-order valence-corrected chi connectivity index (χ4v) is 5.62. The average Bonchev–Trinajstić information content (AvgIpc) is 3.00. The first-order valence-electron chi connectivity index (χ1n) is 16.2. The van der Waals surface area contributed by atoms with Crippen LogP contribution in [0.3, 0.4) is 0 Å². The third-order valence-electron chi connectivity index (χ3n) is 8.16. The number of esters is 1. The molecule has 0 saturated carbocycles. The van der Waals surface area contributed by atoms with E-state index in [1.807, 2.05) is 0 Å². The smallest absolute Gasteiger partial charge is 0.347 e. The minimum atomic E-state index is -1.78. The fraction of sp³-hybridized carbons (Fsp3) is 0.588. The topological polar surface area (TPSA) is 203 Å². The highest BCUT2D eigenvalue weighted by molar-refractivity contribution is 5.97. The van der Waals surface area contributed by atoms with Gasteiger partial charge in [0.2, 0.25) is 6.29 Å². The maximum absolute atomic E-state index is 13.8. The number of unbranched alkanes of at least 4 members (excludes halogenated alkanes) is 8. The molecule has 0 unspecified atom stereocenters. The number of carbonyl (C=O) groups is 2. The Morgan fingerprint density at radius 2 is 1.35 bits per heavy atom. The third kappa shape index (κ3) is 9.79. The van der Waals surface area contributed by atoms with Crippen LogP contribution in [0.4, 0.5) is 0 Å². The Bertz CT molecular complexity index is 1290. The minimum absolute atomic E-state index is 0.100. The molecule has 46 heavy (non-hydrogen) atoms. The maximum atomic E-state index is 13.8. The summed E-state index contributed by atoms with van der Waals surface area (Å²) in [5, 5.41) is 71.5. The van der Waals surface area contributed by atoms with E-state index in [9.17, 15) is 45.3 Å². The predicted molar refractivity (Wildman–Crippen MR) is 167 cm³/mol. The first-order chi connectivity index (χ1) is 22.0. The second-order valence-corrected chi connectivity index (χ2v) is 11.8. The lowest BCUT2D eigenvalue weighted by atomic mass is 9.98. The van der Waals surface area contributed by atoms with Crippen molar-refractivity contribution in [2.45, 2.75) is 122 Å². The molecule has 1 heterocycles. The first-order valence-corrected chi connectivity index (χ1v) is 16.2. The van der Waals surface area contributed by atoms with Crippen LogP contribution in [0.5, 0.6) is 23.0 Å². The van der Waals surface area contributed by atoms with Crippen LogP contribution in [-0.2, 0) is 17.6 Å². The van der Waals surface area contributed by atoms with Crippen LogP contribution < -0.4 is 9.47 Å². The molecule has 256 valence electrons. The van der Waals surface area contributed by atoms with Crippen LogP contribution in [0.25, 0.3) is 0 Å². The number of benzene rings is 2. The number of aryl methyl sites for hydroxylation is 2. The van der Waals surface area contributed by atoms with Crippen LogP contribution in [0, 0.1) is 0 Å². The molecule has 12 nitrogen and oxygen atoms in total. The Morgan fingerprint density at radius 1 is 0.761 bits per heavy atom. The summed E-state index contributed by atoms with van der Waals surface area (Å²) in [4.78, 5) is 25.8. The number of carbonyl (C=O) groups excluding carboxylic acids is 1. The van der Waals surface area contributed by atoms with E-state index in [0.717, 1.165) is 63.5 Å². The molecule has 2 aromatic rings. The molecule has 1 aliphatic heterocycles. The van der Waals surface area contributed by atoms with Crippen molar-refractivity contribution in [3.8, 4) is 23.0 Å². The molecule has 0 amide bonds. The van der Waals surface area contributed by atoms with Gasteiger partial charge in [-0.05, 0) is 48.9 Å². The zero-order valence-electron chi connectivity index (χ0n) is 26.6. The van der Waals surface area contributed by atoms with E-state index in [1.165, 1.54) is 12.1 Å². The number of carboxylic acid groups (broad SMARTS) is 1. The van der Waals surface area contributed by atoms with Gasteiger partial charge in [-0.25, -0.2) is 9.59 Å².